The number of carbonyl (C=O) groups excluding carboxylic acids is 3. The maximum Gasteiger partial charge on any atom is 0.161 e. The summed E-state index contributed by atoms with van der Waals surface area (Å²) in [6.07, 6.45) is 13.0. The molecule has 0 amide bonds. The lowest BCUT2D eigenvalue weighted by Crippen LogP contribution is -2.36. The second kappa shape index (κ2) is 12.0. The zero-order valence-corrected chi connectivity index (χ0v) is 16.7. The van der Waals surface area contributed by atoms with Crippen LogP contribution in [0, 0.1) is 11.8 Å². The summed E-state index contributed by atoms with van der Waals surface area (Å²) < 4.78 is 0. The van der Waals surface area contributed by atoms with Crippen molar-refractivity contribution in [3.8, 4) is 0 Å². The molecule has 0 aliphatic heterocycles. The molecular formula is C22H34O5. The highest BCUT2D eigenvalue weighted by molar-refractivity contribution is 5.85. The Kier molecular flexibility index (Phi) is 10.4. The second-order valence-corrected chi connectivity index (χ2v) is 7.54. The van der Waals surface area contributed by atoms with Crippen LogP contribution < -0.4 is 0 Å². The van der Waals surface area contributed by atoms with Crippen molar-refractivity contribution in [2.24, 2.45) is 11.8 Å². The van der Waals surface area contributed by atoms with Gasteiger partial charge in [-0.1, -0.05) is 44.1 Å². The van der Waals surface area contributed by atoms with Crippen molar-refractivity contribution >= 4 is 17.3 Å². The zero-order chi connectivity index (χ0) is 20.3. The Bertz CT molecular complexity index is 563. The number of allylic oxidation sites excluding steroid dienone is 3. The highest BCUT2D eigenvalue weighted by atomic mass is 16.3. The number of hydrogen-bond acceptors (Lipinski definition) is 5. The van der Waals surface area contributed by atoms with Crippen molar-refractivity contribution in [1.29, 1.82) is 0 Å². The second-order valence-electron chi connectivity index (χ2n) is 7.54. The largest absolute Gasteiger partial charge is 0.389 e. The van der Waals surface area contributed by atoms with Crippen LogP contribution in [-0.2, 0) is 14.4 Å². The molecule has 5 nitrogen and oxygen atoms in total. The SMILES string of the molecule is CCCCC(O)(CC=C[C@H]1CCC(=O)[C@@H]1CC=CCCC(=O)CO)C(C)=O. The van der Waals surface area contributed by atoms with Crippen molar-refractivity contribution in [1.82, 2.24) is 0 Å². The molecule has 0 aromatic heterocycles. The van der Waals surface area contributed by atoms with Crippen LogP contribution in [-0.4, -0.2) is 39.8 Å². The fourth-order valence-corrected chi connectivity index (χ4v) is 3.48. The van der Waals surface area contributed by atoms with Gasteiger partial charge in [0.1, 0.15) is 18.0 Å². The topological polar surface area (TPSA) is 91.7 Å². The van der Waals surface area contributed by atoms with E-state index < -0.39 is 12.2 Å². The van der Waals surface area contributed by atoms with E-state index in [0.717, 1.165) is 19.3 Å². The molecule has 2 N–H and O–H groups in total. The Hall–Kier alpha value is -1.59. The van der Waals surface area contributed by atoms with Gasteiger partial charge in [-0.3, -0.25) is 14.4 Å². The van der Waals surface area contributed by atoms with Crippen molar-refractivity contribution in [3.05, 3.63) is 24.3 Å². The highest BCUT2D eigenvalue weighted by Crippen LogP contribution is 2.33. The molecule has 0 radical (unpaired) electrons. The van der Waals surface area contributed by atoms with Crippen molar-refractivity contribution in [2.45, 2.75) is 77.2 Å². The molecule has 1 aliphatic rings. The van der Waals surface area contributed by atoms with Crippen LogP contribution in [0.2, 0.25) is 0 Å². The monoisotopic (exact) mass is 378 g/mol. The average Bonchev–Trinajstić information content (AvgIpc) is 2.99. The third kappa shape index (κ3) is 7.89. The van der Waals surface area contributed by atoms with E-state index in [-0.39, 0.29) is 29.2 Å². The molecule has 0 saturated heterocycles. The maximum atomic E-state index is 12.2. The van der Waals surface area contributed by atoms with E-state index in [4.69, 9.17) is 5.11 Å². The summed E-state index contributed by atoms with van der Waals surface area (Å²) in [5, 5.41) is 19.2. The first-order valence-electron chi connectivity index (χ1n) is 10.0. The number of aliphatic hydroxyl groups excluding tert-OH is 1. The van der Waals surface area contributed by atoms with Gasteiger partial charge in [-0.15, -0.1) is 0 Å². The Morgan fingerprint density at radius 1 is 1.26 bits per heavy atom. The normalized spacial score (nSPS) is 22.6. The highest BCUT2D eigenvalue weighted by Gasteiger charge is 2.33. The van der Waals surface area contributed by atoms with Gasteiger partial charge in [-0.05, 0) is 38.5 Å². The first-order valence-corrected chi connectivity index (χ1v) is 10.0. The van der Waals surface area contributed by atoms with Crippen LogP contribution >= 0.6 is 0 Å². The fourth-order valence-electron chi connectivity index (χ4n) is 3.48. The lowest BCUT2D eigenvalue weighted by atomic mass is 9.87. The van der Waals surface area contributed by atoms with Gasteiger partial charge in [-0.25, -0.2) is 0 Å². The molecule has 0 heterocycles. The molecule has 1 saturated carbocycles. The molecule has 0 bridgehead atoms. The van der Waals surface area contributed by atoms with Crippen LogP contribution in [0.4, 0.5) is 0 Å². The van der Waals surface area contributed by atoms with E-state index in [1.807, 2.05) is 31.2 Å². The molecule has 0 spiro atoms. The van der Waals surface area contributed by atoms with Crippen molar-refractivity contribution in [3.63, 3.8) is 0 Å². The van der Waals surface area contributed by atoms with Gasteiger partial charge in [-0.2, -0.15) is 0 Å². The summed E-state index contributed by atoms with van der Waals surface area (Å²) in [6.45, 7) is 3.03. The molecule has 1 rings (SSSR count). The van der Waals surface area contributed by atoms with E-state index >= 15 is 0 Å². The predicted octanol–water partition coefficient (Wildman–Crippen LogP) is 3.33. The first kappa shape index (κ1) is 23.4. The fraction of sp³-hybridized carbons (Fsp3) is 0.682. The van der Waals surface area contributed by atoms with Gasteiger partial charge in [0.2, 0.25) is 0 Å². The minimum Gasteiger partial charge on any atom is -0.389 e. The minimum absolute atomic E-state index is 0.0768. The number of aliphatic hydroxyl groups is 2. The van der Waals surface area contributed by atoms with E-state index in [0.29, 0.717) is 38.5 Å². The molecule has 0 aromatic carbocycles. The number of ketones is 3. The lowest BCUT2D eigenvalue weighted by molar-refractivity contribution is -0.135. The molecule has 1 aliphatic carbocycles. The summed E-state index contributed by atoms with van der Waals surface area (Å²) >= 11 is 0. The number of carbonyl (C=O) groups is 3. The van der Waals surface area contributed by atoms with E-state index in [1.165, 1.54) is 6.92 Å². The predicted molar refractivity (Wildman–Crippen MR) is 105 cm³/mol. The summed E-state index contributed by atoms with van der Waals surface area (Å²) in [7, 11) is 0. The van der Waals surface area contributed by atoms with Crippen molar-refractivity contribution < 1.29 is 24.6 Å². The Morgan fingerprint density at radius 2 is 2.00 bits per heavy atom. The smallest absolute Gasteiger partial charge is 0.161 e. The van der Waals surface area contributed by atoms with Crippen molar-refractivity contribution in [2.75, 3.05) is 6.61 Å². The quantitative estimate of drug-likeness (QED) is 0.480. The van der Waals surface area contributed by atoms with Gasteiger partial charge in [0, 0.05) is 25.2 Å². The van der Waals surface area contributed by atoms with Crippen LogP contribution in [0.1, 0.15) is 71.6 Å². The lowest BCUT2D eigenvalue weighted by Gasteiger charge is -2.24. The van der Waals surface area contributed by atoms with Crippen LogP contribution in [0.5, 0.6) is 0 Å². The number of hydrogen-bond donors (Lipinski definition) is 2. The van der Waals surface area contributed by atoms with Crippen LogP contribution in [0.15, 0.2) is 24.3 Å². The van der Waals surface area contributed by atoms with Gasteiger partial charge >= 0.3 is 0 Å². The summed E-state index contributed by atoms with van der Waals surface area (Å²) in [5.41, 5.74) is -1.30. The third-order valence-corrected chi connectivity index (χ3v) is 5.42. The van der Waals surface area contributed by atoms with Gasteiger partial charge in [0.15, 0.2) is 11.6 Å². The molecule has 5 heteroatoms. The average molecular weight is 379 g/mol. The third-order valence-electron chi connectivity index (χ3n) is 5.42. The maximum absolute atomic E-state index is 12.2. The number of unbranched alkanes of at least 4 members (excludes halogenated alkanes) is 1. The minimum atomic E-state index is -1.30. The molecule has 1 fully saturated rings. The Morgan fingerprint density at radius 3 is 2.63 bits per heavy atom. The summed E-state index contributed by atoms with van der Waals surface area (Å²) in [6, 6.07) is 0. The van der Waals surface area contributed by atoms with Gasteiger partial charge < -0.3 is 10.2 Å². The summed E-state index contributed by atoms with van der Waals surface area (Å²) in [4.78, 5) is 35.0. The Labute approximate surface area is 162 Å². The molecule has 152 valence electrons. The zero-order valence-electron chi connectivity index (χ0n) is 16.7. The standard InChI is InChI=1S/C22H34O5/c1-3-4-14-22(27,17(2)24)15-8-9-18-12-13-21(26)20(18)11-7-5-6-10-19(25)16-23/h5,7-9,18,20,23,27H,3-4,6,10-16H2,1-2H3/t18-,20+,22?/m0/s1. The number of Topliss-reactive ketones (excluding diaryl/α,β-unsaturated/α-hetero) is 3. The molecule has 3 atom stereocenters. The molecule has 1 unspecified atom stereocenters. The molecule has 0 aromatic rings. The first-order chi connectivity index (χ1) is 12.8. The number of rotatable bonds is 13. The van der Waals surface area contributed by atoms with E-state index in [2.05, 4.69) is 0 Å². The van der Waals surface area contributed by atoms with Gasteiger partial charge in [0.25, 0.3) is 0 Å². The van der Waals surface area contributed by atoms with E-state index in [9.17, 15) is 19.5 Å². The van der Waals surface area contributed by atoms with Crippen LogP contribution in [0.25, 0.3) is 0 Å². The molecular weight excluding hydrogens is 344 g/mol. The van der Waals surface area contributed by atoms with E-state index in [1.54, 1.807) is 0 Å². The Balaban J connectivity index is 2.57. The molecule has 27 heavy (non-hydrogen) atoms. The summed E-state index contributed by atoms with van der Waals surface area (Å²) in [5.74, 6) is -0.0947. The van der Waals surface area contributed by atoms with Crippen LogP contribution in [0.3, 0.4) is 0 Å². The van der Waals surface area contributed by atoms with Gasteiger partial charge in [0.05, 0.1) is 0 Å².